The molecular weight excluding hydrogens is 243 g/mol. The number of halogens is 1. The Hall–Kier alpha value is -2.26. The largest absolute Gasteiger partial charge is 0.380 e. The first-order valence-corrected chi connectivity index (χ1v) is 5.82. The van der Waals surface area contributed by atoms with Crippen LogP contribution in [0.25, 0.3) is 6.08 Å². The fraction of sp³-hybridized carbons (Fsp3) is 0.0625. The number of carbonyl (C=O) groups excluding carboxylic acids is 1. The molecule has 0 aliphatic carbocycles. The quantitative estimate of drug-likeness (QED) is 0.851. The molecule has 0 radical (unpaired) electrons. The summed E-state index contributed by atoms with van der Waals surface area (Å²) in [6.07, 6.45) is 0.154. The Bertz CT molecular complexity index is 605. The first kappa shape index (κ1) is 13.2. The number of aliphatic hydroxyl groups excluding tert-OH is 1. The van der Waals surface area contributed by atoms with Gasteiger partial charge >= 0.3 is 0 Å². The Balaban J connectivity index is 2.36. The van der Waals surface area contributed by atoms with Gasteiger partial charge in [0.2, 0.25) is 0 Å². The smallest absolute Gasteiger partial charge is 0.198 e. The van der Waals surface area contributed by atoms with E-state index in [0.717, 1.165) is 0 Å². The first-order chi connectivity index (χ1) is 9.13. The van der Waals surface area contributed by atoms with Crippen LogP contribution in [0.4, 0.5) is 4.39 Å². The molecular formula is C16H13FO2. The van der Waals surface area contributed by atoms with Crippen LogP contribution < -0.4 is 0 Å². The van der Waals surface area contributed by atoms with Gasteiger partial charge in [-0.3, -0.25) is 4.79 Å². The summed E-state index contributed by atoms with van der Waals surface area (Å²) in [5, 5.41) is 9.99. The Morgan fingerprint density at radius 3 is 2.53 bits per heavy atom. The molecule has 0 bridgehead atoms. The van der Waals surface area contributed by atoms with Crippen LogP contribution in [0.3, 0.4) is 0 Å². The highest BCUT2D eigenvalue weighted by molar-refractivity contribution is 6.00. The molecule has 0 aromatic heterocycles. The minimum Gasteiger partial charge on any atom is -0.380 e. The van der Waals surface area contributed by atoms with Crippen molar-refractivity contribution in [2.75, 3.05) is 0 Å². The van der Waals surface area contributed by atoms with E-state index in [1.165, 1.54) is 24.3 Å². The molecule has 0 fully saturated rings. The zero-order valence-corrected chi connectivity index (χ0v) is 10.2. The van der Waals surface area contributed by atoms with Gasteiger partial charge in [-0.25, -0.2) is 4.39 Å². The third-order valence-electron chi connectivity index (χ3n) is 2.86. The summed E-state index contributed by atoms with van der Waals surface area (Å²) < 4.78 is 13.7. The van der Waals surface area contributed by atoms with Gasteiger partial charge in [-0.1, -0.05) is 49.1 Å². The average molecular weight is 256 g/mol. The molecule has 0 heterocycles. The molecule has 0 aliphatic rings. The number of ketones is 1. The number of Topliss-reactive ketones (excluding diaryl/α,β-unsaturated/α-hetero) is 1. The van der Waals surface area contributed by atoms with E-state index < -0.39 is 17.7 Å². The lowest BCUT2D eigenvalue weighted by Crippen LogP contribution is -2.14. The molecule has 0 amide bonds. The number of hydrogen-bond acceptors (Lipinski definition) is 2. The second kappa shape index (κ2) is 5.59. The van der Waals surface area contributed by atoms with Gasteiger partial charge in [-0.2, -0.15) is 0 Å². The number of rotatable bonds is 4. The summed E-state index contributed by atoms with van der Waals surface area (Å²) in [5.41, 5.74) is 0.940. The summed E-state index contributed by atoms with van der Waals surface area (Å²) in [7, 11) is 0. The van der Waals surface area contributed by atoms with E-state index in [4.69, 9.17) is 0 Å². The topological polar surface area (TPSA) is 37.3 Å². The van der Waals surface area contributed by atoms with E-state index in [2.05, 4.69) is 6.58 Å². The van der Waals surface area contributed by atoms with Crippen molar-refractivity contribution in [3.8, 4) is 0 Å². The molecule has 19 heavy (non-hydrogen) atoms. The fourth-order valence-electron chi connectivity index (χ4n) is 1.79. The molecule has 0 saturated carbocycles. The van der Waals surface area contributed by atoms with Crippen LogP contribution >= 0.6 is 0 Å². The molecule has 2 aromatic rings. The van der Waals surface area contributed by atoms with Crippen LogP contribution in [0.1, 0.15) is 27.6 Å². The highest BCUT2D eigenvalue weighted by atomic mass is 19.1. The molecule has 96 valence electrons. The van der Waals surface area contributed by atoms with E-state index in [-0.39, 0.29) is 5.56 Å². The maximum atomic E-state index is 13.7. The van der Waals surface area contributed by atoms with Gasteiger partial charge in [0.05, 0.1) is 5.56 Å². The lowest BCUT2D eigenvalue weighted by atomic mass is 9.98. The minimum absolute atomic E-state index is 0.131. The highest BCUT2D eigenvalue weighted by Gasteiger charge is 2.22. The fourth-order valence-corrected chi connectivity index (χ4v) is 1.79. The molecule has 2 nitrogen and oxygen atoms in total. The highest BCUT2D eigenvalue weighted by Crippen LogP contribution is 2.21. The van der Waals surface area contributed by atoms with Gasteiger partial charge in [0.25, 0.3) is 0 Å². The van der Waals surface area contributed by atoms with Crippen molar-refractivity contribution in [2.45, 2.75) is 6.10 Å². The van der Waals surface area contributed by atoms with Crippen molar-refractivity contribution in [1.82, 2.24) is 0 Å². The standard InChI is InChI=1S/C16H13FO2/c1-2-11-8-9-14(17)13(10-11)16(19)15(18)12-6-4-3-5-7-12/h2-10,15,18H,1H2. The number of aliphatic hydroxyl groups is 1. The maximum Gasteiger partial charge on any atom is 0.198 e. The van der Waals surface area contributed by atoms with E-state index in [9.17, 15) is 14.3 Å². The van der Waals surface area contributed by atoms with Gasteiger partial charge in [0.15, 0.2) is 5.78 Å². The Morgan fingerprint density at radius 2 is 1.89 bits per heavy atom. The molecule has 2 rings (SSSR count). The predicted molar refractivity (Wildman–Crippen MR) is 72.2 cm³/mol. The van der Waals surface area contributed by atoms with Gasteiger partial charge in [0, 0.05) is 0 Å². The van der Waals surface area contributed by atoms with Crippen molar-refractivity contribution in [3.05, 3.63) is 77.6 Å². The third-order valence-corrected chi connectivity index (χ3v) is 2.86. The van der Waals surface area contributed by atoms with Crippen molar-refractivity contribution < 1.29 is 14.3 Å². The van der Waals surface area contributed by atoms with Crippen LogP contribution in [-0.4, -0.2) is 10.9 Å². The summed E-state index contributed by atoms with van der Waals surface area (Å²) >= 11 is 0. The zero-order chi connectivity index (χ0) is 13.8. The molecule has 1 N–H and O–H groups in total. The molecule has 1 atom stereocenters. The minimum atomic E-state index is -1.37. The van der Waals surface area contributed by atoms with Crippen molar-refractivity contribution in [1.29, 1.82) is 0 Å². The predicted octanol–water partition coefficient (Wildman–Crippen LogP) is 3.39. The summed E-state index contributed by atoms with van der Waals surface area (Å²) in [4.78, 5) is 12.1. The monoisotopic (exact) mass is 256 g/mol. The van der Waals surface area contributed by atoms with Crippen molar-refractivity contribution in [3.63, 3.8) is 0 Å². The van der Waals surface area contributed by atoms with Gasteiger partial charge in [0.1, 0.15) is 11.9 Å². The number of carbonyl (C=O) groups is 1. The second-order valence-corrected chi connectivity index (χ2v) is 4.12. The SMILES string of the molecule is C=Cc1ccc(F)c(C(=O)C(O)c2ccccc2)c1. The lowest BCUT2D eigenvalue weighted by molar-refractivity contribution is 0.0743. The lowest BCUT2D eigenvalue weighted by Gasteiger charge is -2.11. The molecule has 2 aromatic carbocycles. The molecule has 0 aliphatic heterocycles. The Labute approximate surface area is 110 Å². The molecule has 0 spiro atoms. The Kier molecular flexibility index (Phi) is 3.88. The van der Waals surface area contributed by atoms with E-state index >= 15 is 0 Å². The Morgan fingerprint density at radius 1 is 1.21 bits per heavy atom. The number of hydrogen-bond donors (Lipinski definition) is 1. The van der Waals surface area contributed by atoms with Crippen molar-refractivity contribution in [2.24, 2.45) is 0 Å². The van der Waals surface area contributed by atoms with Gasteiger partial charge < -0.3 is 5.11 Å². The van der Waals surface area contributed by atoms with Crippen LogP contribution in [0.15, 0.2) is 55.1 Å². The summed E-state index contributed by atoms with van der Waals surface area (Å²) in [6, 6.07) is 12.5. The molecule has 0 saturated heterocycles. The van der Waals surface area contributed by atoms with E-state index in [0.29, 0.717) is 11.1 Å². The zero-order valence-electron chi connectivity index (χ0n) is 10.2. The van der Waals surface area contributed by atoms with Crippen LogP contribution in [0, 0.1) is 5.82 Å². The van der Waals surface area contributed by atoms with Crippen LogP contribution in [0.2, 0.25) is 0 Å². The first-order valence-electron chi connectivity index (χ1n) is 5.82. The van der Waals surface area contributed by atoms with Gasteiger partial charge in [-0.15, -0.1) is 0 Å². The third kappa shape index (κ3) is 2.77. The molecule has 1 unspecified atom stereocenters. The molecule has 3 heteroatoms. The van der Waals surface area contributed by atoms with Crippen molar-refractivity contribution >= 4 is 11.9 Å². The van der Waals surface area contributed by atoms with E-state index in [1.807, 2.05) is 0 Å². The summed E-state index contributed by atoms with van der Waals surface area (Å²) in [5.74, 6) is -1.31. The van der Waals surface area contributed by atoms with Crippen LogP contribution in [0.5, 0.6) is 0 Å². The van der Waals surface area contributed by atoms with E-state index in [1.54, 1.807) is 30.3 Å². The number of benzene rings is 2. The van der Waals surface area contributed by atoms with Crippen LogP contribution in [-0.2, 0) is 0 Å². The maximum absolute atomic E-state index is 13.7. The second-order valence-electron chi connectivity index (χ2n) is 4.12. The average Bonchev–Trinajstić information content (AvgIpc) is 2.47. The summed E-state index contributed by atoms with van der Waals surface area (Å²) in [6.45, 7) is 3.57. The normalized spacial score (nSPS) is 11.9. The van der Waals surface area contributed by atoms with Gasteiger partial charge in [-0.05, 0) is 23.3 Å².